The first-order chi connectivity index (χ1) is 13.0. The molecule has 3 aromatic rings. The van der Waals surface area contributed by atoms with Crippen LogP contribution in [0.2, 0.25) is 5.02 Å². The van der Waals surface area contributed by atoms with Gasteiger partial charge in [-0.15, -0.1) is 0 Å². The van der Waals surface area contributed by atoms with E-state index in [2.05, 4.69) is 20.6 Å². The molecule has 0 fully saturated rings. The summed E-state index contributed by atoms with van der Waals surface area (Å²) in [6, 6.07) is 11.3. The number of hydrogen-bond acceptors (Lipinski definition) is 5. The molecule has 0 aliphatic carbocycles. The van der Waals surface area contributed by atoms with Crippen molar-refractivity contribution in [3.8, 4) is 5.75 Å². The predicted molar refractivity (Wildman–Crippen MR) is 102 cm³/mol. The smallest absolute Gasteiger partial charge is 0.258 e. The quantitative estimate of drug-likeness (QED) is 0.644. The highest BCUT2D eigenvalue weighted by molar-refractivity contribution is 6.31. The summed E-state index contributed by atoms with van der Waals surface area (Å²) >= 11 is 5.70. The third-order valence-electron chi connectivity index (χ3n) is 3.51. The van der Waals surface area contributed by atoms with Gasteiger partial charge in [-0.25, -0.2) is 14.4 Å². The van der Waals surface area contributed by atoms with Crippen molar-refractivity contribution in [3.63, 3.8) is 0 Å². The van der Waals surface area contributed by atoms with Crippen LogP contribution in [0, 0.1) is 5.82 Å². The summed E-state index contributed by atoms with van der Waals surface area (Å²) in [6.45, 7) is 2.52. The molecule has 0 spiro atoms. The monoisotopic (exact) mass is 386 g/mol. The van der Waals surface area contributed by atoms with Crippen LogP contribution in [-0.2, 0) is 0 Å². The minimum atomic E-state index is -0.553. The molecular formula is C19H16ClFN4O2. The minimum Gasteiger partial charge on any atom is -0.494 e. The van der Waals surface area contributed by atoms with Gasteiger partial charge < -0.3 is 15.4 Å². The van der Waals surface area contributed by atoms with E-state index in [0.29, 0.717) is 18.2 Å². The Morgan fingerprint density at radius 3 is 2.41 bits per heavy atom. The third-order valence-corrected chi connectivity index (χ3v) is 3.80. The highest BCUT2D eigenvalue weighted by atomic mass is 35.5. The summed E-state index contributed by atoms with van der Waals surface area (Å²) in [5.74, 6) is 0.144. The van der Waals surface area contributed by atoms with Crippen molar-refractivity contribution in [3.05, 3.63) is 71.3 Å². The van der Waals surface area contributed by atoms with Gasteiger partial charge in [0.1, 0.15) is 11.6 Å². The van der Waals surface area contributed by atoms with Crippen LogP contribution in [0.15, 0.2) is 54.9 Å². The molecule has 3 rings (SSSR count). The Kier molecular flexibility index (Phi) is 5.83. The number of amides is 1. The van der Waals surface area contributed by atoms with Gasteiger partial charge in [0.05, 0.1) is 17.2 Å². The molecule has 0 radical (unpaired) electrons. The number of halogens is 2. The molecule has 0 saturated carbocycles. The average Bonchev–Trinajstić information content (AvgIpc) is 2.67. The fourth-order valence-corrected chi connectivity index (χ4v) is 2.40. The number of hydrogen-bond donors (Lipinski definition) is 2. The van der Waals surface area contributed by atoms with E-state index in [1.54, 1.807) is 0 Å². The van der Waals surface area contributed by atoms with E-state index in [9.17, 15) is 9.18 Å². The number of rotatable bonds is 6. The molecule has 1 aromatic heterocycles. The number of carbonyl (C=O) groups is 1. The van der Waals surface area contributed by atoms with E-state index >= 15 is 0 Å². The molecule has 0 bridgehead atoms. The third kappa shape index (κ3) is 4.92. The molecule has 0 atom stereocenters. The number of ether oxygens (including phenoxy) is 1. The SMILES string of the molecule is CCOc1ccc(Nc2ncc(C(=O)Nc3ccc(F)c(Cl)c3)cn2)cc1. The van der Waals surface area contributed by atoms with E-state index in [1.807, 2.05) is 31.2 Å². The lowest BCUT2D eigenvalue weighted by Crippen LogP contribution is -2.13. The lowest BCUT2D eigenvalue weighted by Gasteiger charge is -2.08. The van der Waals surface area contributed by atoms with Gasteiger partial charge in [-0.2, -0.15) is 0 Å². The van der Waals surface area contributed by atoms with E-state index in [1.165, 1.54) is 30.6 Å². The molecule has 1 heterocycles. The first kappa shape index (κ1) is 18.6. The van der Waals surface area contributed by atoms with E-state index in [4.69, 9.17) is 16.3 Å². The first-order valence-electron chi connectivity index (χ1n) is 8.13. The van der Waals surface area contributed by atoms with Crippen LogP contribution in [-0.4, -0.2) is 22.5 Å². The van der Waals surface area contributed by atoms with Crippen molar-refractivity contribution in [1.82, 2.24) is 9.97 Å². The summed E-state index contributed by atoms with van der Waals surface area (Å²) < 4.78 is 18.5. The maximum atomic E-state index is 13.2. The second kappa shape index (κ2) is 8.46. The largest absolute Gasteiger partial charge is 0.494 e. The van der Waals surface area contributed by atoms with Gasteiger partial charge in [0.2, 0.25) is 5.95 Å². The summed E-state index contributed by atoms with van der Waals surface area (Å²) in [5.41, 5.74) is 1.42. The minimum absolute atomic E-state index is 0.0704. The standard InChI is InChI=1S/C19H16ClFN4O2/c1-2-27-15-6-3-13(4-7-15)25-19-22-10-12(11-23-19)18(26)24-14-5-8-17(21)16(20)9-14/h3-11H,2H2,1H3,(H,24,26)(H,22,23,25). The van der Waals surface area contributed by atoms with Crippen molar-refractivity contribution in [2.24, 2.45) is 0 Å². The number of carbonyl (C=O) groups excluding carboxylic acids is 1. The molecule has 27 heavy (non-hydrogen) atoms. The fraction of sp³-hybridized carbons (Fsp3) is 0.105. The zero-order valence-electron chi connectivity index (χ0n) is 14.4. The van der Waals surface area contributed by atoms with Crippen LogP contribution in [0.25, 0.3) is 0 Å². The first-order valence-corrected chi connectivity index (χ1v) is 8.51. The number of nitrogens with zero attached hydrogens (tertiary/aromatic N) is 2. The summed E-state index contributed by atoms with van der Waals surface area (Å²) in [5, 5.41) is 5.57. The second-order valence-electron chi connectivity index (χ2n) is 5.46. The number of aromatic nitrogens is 2. The number of anilines is 3. The van der Waals surface area contributed by atoms with Gasteiger partial charge in [-0.05, 0) is 49.4 Å². The van der Waals surface area contributed by atoms with Crippen molar-refractivity contribution >= 4 is 34.8 Å². The van der Waals surface area contributed by atoms with Gasteiger partial charge in [0, 0.05) is 23.8 Å². The van der Waals surface area contributed by atoms with Crippen LogP contribution in [0.3, 0.4) is 0 Å². The highest BCUT2D eigenvalue weighted by Crippen LogP contribution is 2.20. The number of nitrogens with one attached hydrogen (secondary N) is 2. The molecule has 2 N–H and O–H groups in total. The summed E-state index contributed by atoms with van der Waals surface area (Å²) in [7, 11) is 0. The molecule has 0 saturated heterocycles. The van der Waals surface area contributed by atoms with Crippen molar-refractivity contribution in [2.45, 2.75) is 6.92 Å². The molecular weight excluding hydrogens is 371 g/mol. The zero-order valence-corrected chi connectivity index (χ0v) is 15.1. The molecule has 6 nitrogen and oxygen atoms in total. The van der Waals surface area contributed by atoms with Crippen LogP contribution < -0.4 is 15.4 Å². The predicted octanol–water partition coefficient (Wildman–Crippen LogP) is 4.66. The van der Waals surface area contributed by atoms with E-state index < -0.39 is 11.7 Å². The Bertz CT molecular complexity index is 933. The Labute approximate surface area is 160 Å². The Hall–Kier alpha value is -3.19. The summed E-state index contributed by atoms with van der Waals surface area (Å²) in [6.07, 6.45) is 2.79. The summed E-state index contributed by atoms with van der Waals surface area (Å²) in [4.78, 5) is 20.5. The average molecular weight is 387 g/mol. The topological polar surface area (TPSA) is 76.1 Å². The molecule has 0 unspecified atom stereocenters. The Morgan fingerprint density at radius 1 is 1.11 bits per heavy atom. The van der Waals surface area contributed by atoms with Gasteiger partial charge in [-0.1, -0.05) is 11.6 Å². The number of benzene rings is 2. The molecule has 8 heteroatoms. The maximum absolute atomic E-state index is 13.2. The lowest BCUT2D eigenvalue weighted by molar-refractivity contribution is 0.102. The normalized spacial score (nSPS) is 10.3. The Balaban J connectivity index is 1.63. The molecule has 0 aliphatic rings. The van der Waals surface area contributed by atoms with Gasteiger partial charge in [-0.3, -0.25) is 4.79 Å². The second-order valence-corrected chi connectivity index (χ2v) is 5.87. The van der Waals surface area contributed by atoms with Crippen molar-refractivity contribution < 1.29 is 13.9 Å². The van der Waals surface area contributed by atoms with Crippen LogP contribution in [0.1, 0.15) is 17.3 Å². The molecule has 1 amide bonds. The zero-order chi connectivity index (χ0) is 19.2. The van der Waals surface area contributed by atoms with Crippen LogP contribution in [0.5, 0.6) is 5.75 Å². The highest BCUT2D eigenvalue weighted by Gasteiger charge is 2.09. The van der Waals surface area contributed by atoms with Crippen molar-refractivity contribution in [2.75, 3.05) is 17.2 Å². The molecule has 138 valence electrons. The van der Waals surface area contributed by atoms with Crippen molar-refractivity contribution in [1.29, 1.82) is 0 Å². The van der Waals surface area contributed by atoms with Crippen LogP contribution in [0.4, 0.5) is 21.7 Å². The van der Waals surface area contributed by atoms with E-state index in [-0.39, 0.29) is 10.6 Å². The van der Waals surface area contributed by atoms with Crippen LogP contribution >= 0.6 is 11.6 Å². The maximum Gasteiger partial charge on any atom is 0.258 e. The van der Waals surface area contributed by atoms with E-state index in [0.717, 1.165) is 11.4 Å². The molecule has 0 aliphatic heterocycles. The van der Waals surface area contributed by atoms with Gasteiger partial charge >= 0.3 is 0 Å². The Morgan fingerprint density at radius 2 is 1.78 bits per heavy atom. The fourth-order valence-electron chi connectivity index (χ4n) is 2.22. The molecule has 2 aromatic carbocycles. The van der Waals surface area contributed by atoms with Gasteiger partial charge in [0.25, 0.3) is 5.91 Å². The lowest BCUT2D eigenvalue weighted by atomic mass is 10.2. The van der Waals surface area contributed by atoms with Gasteiger partial charge in [0.15, 0.2) is 0 Å².